The average molecular weight is 382 g/mol. The molecule has 0 aromatic carbocycles. The number of nitrogens with zero attached hydrogens (tertiary/aromatic N) is 5. The first-order valence-electron chi connectivity index (χ1n) is 9.53. The molecule has 7 nitrogen and oxygen atoms in total. The van der Waals surface area contributed by atoms with Crippen LogP contribution in [0.2, 0.25) is 0 Å². The molecular weight excluding hydrogens is 360 g/mol. The van der Waals surface area contributed by atoms with Crippen LogP contribution in [0.25, 0.3) is 0 Å². The van der Waals surface area contributed by atoms with Crippen LogP contribution in [-0.2, 0) is 19.4 Å². The molecule has 1 fully saturated rings. The zero-order valence-electron chi connectivity index (χ0n) is 15.1. The van der Waals surface area contributed by atoms with Gasteiger partial charge < -0.3 is 9.47 Å². The van der Waals surface area contributed by atoms with Crippen molar-refractivity contribution in [2.45, 2.75) is 44.6 Å². The van der Waals surface area contributed by atoms with Gasteiger partial charge in [-0.15, -0.1) is 11.3 Å². The first kappa shape index (κ1) is 16.7. The number of fused-ring (bicyclic) bond motifs is 1. The molecule has 5 rings (SSSR count). The van der Waals surface area contributed by atoms with Gasteiger partial charge in [-0.2, -0.15) is 5.10 Å². The van der Waals surface area contributed by atoms with Crippen molar-refractivity contribution in [2.75, 3.05) is 13.1 Å². The second-order valence-corrected chi connectivity index (χ2v) is 8.09. The maximum Gasteiger partial charge on any atom is 0.274 e. The molecule has 1 atom stereocenters. The van der Waals surface area contributed by atoms with Gasteiger partial charge in [-0.3, -0.25) is 9.89 Å². The van der Waals surface area contributed by atoms with Crippen LogP contribution in [0.4, 0.5) is 0 Å². The largest absolute Gasteiger partial charge is 0.337 e. The molecule has 0 unspecified atom stereocenters. The summed E-state index contributed by atoms with van der Waals surface area (Å²) in [6.07, 6.45) is 8.98. The summed E-state index contributed by atoms with van der Waals surface area (Å²) in [6, 6.07) is 0. The van der Waals surface area contributed by atoms with E-state index in [2.05, 4.69) is 30.1 Å². The number of rotatable bonds is 4. The smallest absolute Gasteiger partial charge is 0.274 e. The summed E-state index contributed by atoms with van der Waals surface area (Å²) in [5.74, 6) is 1.37. The minimum atomic E-state index is 0.0664. The van der Waals surface area contributed by atoms with Gasteiger partial charge in [-0.1, -0.05) is 0 Å². The Morgan fingerprint density at radius 3 is 3.15 bits per heavy atom. The van der Waals surface area contributed by atoms with Crippen LogP contribution in [0.3, 0.4) is 0 Å². The lowest BCUT2D eigenvalue weighted by molar-refractivity contribution is 0.0696. The van der Waals surface area contributed by atoms with Gasteiger partial charge in [0, 0.05) is 48.0 Å². The Bertz CT molecular complexity index is 943. The summed E-state index contributed by atoms with van der Waals surface area (Å²) in [6.45, 7) is 2.23. The summed E-state index contributed by atoms with van der Waals surface area (Å²) < 4.78 is 2.17. The van der Waals surface area contributed by atoms with Gasteiger partial charge in [0.15, 0.2) is 5.69 Å². The van der Waals surface area contributed by atoms with Gasteiger partial charge in [-0.25, -0.2) is 9.97 Å². The highest BCUT2D eigenvalue weighted by Gasteiger charge is 2.31. The highest BCUT2D eigenvalue weighted by Crippen LogP contribution is 2.29. The number of H-pyrrole nitrogens is 1. The number of aromatic nitrogens is 5. The highest BCUT2D eigenvalue weighted by atomic mass is 32.1. The number of hydrogen-bond acceptors (Lipinski definition) is 5. The van der Waals surface area contributed by atoms with E-state index in [9.17, 15) is 4.79 Å². The third-order valence-corrected chi connectivity index (χ3v) is 6.28. The van der Waals surface area contributed by atoms with Crippen molar-refractivity contribution in [3.05, 3.63) is 51.8 Å². The van der Waals surface area contributed by atoms with E-state index in [1.807, 2.05) is 22.8 Å². The van der Waals surface area contributed by atoms with E-state index >= 15 is 0 Å². The van der Waals surface area contributed by atoms with E-state index in [0.717, 1.165) is 68.0 Å². The molecule has 140 valence electrons. The summed E-state index contributed by atoms with van der Waals surface area (Å²) in [4.78, 5) is 24.0. The number of nitrogens with one attached hydrogen (secondary N) is 1. The van der Waals surface area contributed by atoms with Gasteiger partial charge in [0.05, 0.1) is 17.7 Å². The van der Waals surface area contributed by atoms with E-state index in [0.29, 0.717) is 12.2 Å². The Kier molecular flexibility index (Phi) is 4.27. The summed E-state index contributed by atoms with van der Waals surface area (Å²) in [5.41, 5.74) is 5.82. The second-order valence-electron chi connectivity index (χ2n) is 7.37. The topological polar surface area (TPSA) is 79.7 Å². The third kappa shape index (κ3) is 3.07. The fourth-order valence-electron chi connectivity index (χ4n) is 4.32. The number of imidazole rings is 1. The summed E-state index contributed by atoms with van der Waals surface area (Å²) in [5, 5.41) is 9.45. The molecule has 3 aromatic rings. The average Bonchev–Trinajstić information content (AvgIpc) is 3.46. The molecule has 1 aliphatic heterocycles. The predicted octanol–water partition coefficient (Wildman–Crippen LogP) is 2.62. The molecule has 1 aliphatic carbocycles. The number of thiazole rings is 1. The van der Waals surface area contributed by atoms with Gasteiger partial charge in [-0.05, 0) is 32.1 Å². The van der Waals surface area contributed by atoms with Crippen molar-refractivity contribution in [1.29, 1.82) is 0 Å². The van der Waals surface area contributed by atoms with Gasteiger partial charge in [0.1, 0.15) is 5.82 Å². The minimum absolute atomic E-state index is 0.0664. The van der Waals surface area contributed by atoms with Crippen LogP contribution in [0.5, 0.6) is 0 Å². The number of aromatic amines is 1. The zero-order valence-corrected chi connectivity index (χ0v) is 15.9. The lowest BCUT2D eigenvalue weighted by Gasteiger charge is -2.32. The van der Waals surface area contributed by atoms with Gasteiger partial charge in [0.2, 0.25) is 0 Å². The lowest BCUT2D eigenvalue weighted by atomic mass is 9.96. The van der Waals surface area contributed by atoms with Crippen molar-refractivity contribution in [3.63, 3.8) is 0 Å². The maximum absolute atomic E-state index is 13.1. The number of carbonyl (C=O) groups is 1. The number of hydrogen-bond donors (Lipinski definition) is 1. The molecule has 1 amide bonds. The number of likely N-dealkylation sites (tertiary alicyclic amines) is 1. The molecule has 0 bridgehead atoms. The molecule has 0 radical (unpaired) electrons. The molecule has 3 aromatic heterocycles. The molecule has 2 aliphatic rings. The first-order chi connectivity index (χ1) is 13.3. The van der Waals surface area contributed by atoms with Crippen molar-refractivity contribution < 1.29 is 4.79 Å². The van der Waals surface area contributed by atoms with E-state index in [1.54, 1.807) is 11.3 Å². The van der Waals surface area contributed by atoms with Gasteiger partial charge >= 0.3 is 0 Å². The monoisotopic (exact) mass is 382 g/mol. The normalized spacial score (nSPS) is 19.4. The fraction of sp³-hybridized carbons (Fsp3) is 0.474. The van der Waals surface area contributed by atoms with Crippen LogP contribution < -0.4 is 0 Å². The Labute approximate surface area is 161 Å². The van der Waals surface area contributed by atoms with Crippen LogP contribution in [0, 0.1) is 0 Å². The first-order valence-corrected chi connectivity index (χ1v) is 10.5. The van der Waals surface area contributed by atoms with Gasteiger partial charge in [0.25, 0.3) is 5.91 Å². The second kappa shape index (κ2) is 6.92. The molecule has 0 saturated carbocycles. The third-order valence-electron chi connectivity index (χ3n) is 5.65. The lowest BCUT2D eigenvalue weighted by Crippen LogP contribution is -2.40. The molecule has 27 heavy (non-hydrogen) atoms. The van der Waals surface area contributed by atoms with Crippen LogP contribution in [0.15, 0.2) is 23.3 Å². The molecule has 4 heterocycles. The van der Waals surface area contributed by atoms with Crippen LogP contribution >= 0.6 is 11.3 Å². The Balaban J connectivity index is 1.34. The van der Waals surface area contributed by atoms with E-state index in [1.165, 1.54) is 0 Å². The Morgan fingerprint density at radius 2 is 2.26 bits per heavy atom. The van der Waals surface area contributed by atoms with Crippen molar-refractivity contribution in [1.82, 2.24) is 29.6 Å². The number of carbonyl (C=O) groups excluding carboxylic acids is 1. The quantitative estimate of drug-likeness (QED) is 0.752. The standard InChI is InChI=1S/C19H22N6OS/c26-19(17-15-4-1-5-16(15)22-23-17)25-7-2-3-13(9-25)18-20-6-8-24(18)10-14-11-27-12-21-14/h6,8,11-13H,1-5,7,9-10H2,(H,22,23)/t13-/m0/s1. The zero-order chi connectivity index (χ0) is 18.2. The summed E-state index contributed by atoms with van der Waals surface area (Å²) >= 11 is 1.61. The van der Waals surface area contributed by atoms with Crippen LogP contribution in [-0.4, -0.2) is 48.6 Å². The van der Waals surface area contributed by atoms with E-state index < -0.39 is 0 Å². The SMILES string of the molecule is O=C(c1n[nH]c2c1CCC2)N1CCC[C@H](c2nccn2Cc2cscn2)C1. The van der Waals surface area contributed by atoms with Crippen molar-refractivity contribution in [3.8, 4) is 0 Å². The molecule has 1 saturated heterocycles. The number of amides is 1. The maximum atomic E-state index is 13.1. The van der Waals surface area contributed by atoms with E-state index in [4.69, 9.17) is 0 Å². The molecule has 0 spiro atoms. The number of piperidine rings is 1. The Morgan fingerprint density at radius 1 is 1.30 bits per heavy atom. The number of aryl methyl sites for hydroxylation is 1. The minimum Gasteiger partial charge on any atom is -0.337 e. The predicted molar refractivity (Wildman–Crippen MR) is 102 cm³/mol. The van der Waals surface area contributed by atoms with E-state index in [-0.39, 0.29) is 11.8 Å². The molecule has 8 heteroatoms. The van der Waals surface area contributed by atoms with Crippen molar-refractivity contribution >= 4 is 17.2 Å². The molecular formula is C19H22N6OS. The Hall–Kier alpha value is -2.48. The highest BCUT2D eigenvalue weighted by molar-refractivity contribution is 7.07. The van der Waals surface area contributed by atoms with Crippen LogP contribution in [0.1, 0.15) is 58.4 Å². The summed E-state index contributed by atoms with van der Waals surface area (Å²) in [7, 11) is 0. The van der Waals surface area contributed by atoms with Crippen molar-refractivity contribution in [2.24, 2.45) is 0 Å². The molecule has 1 N–H and O–H groups in total. The fourth-order valence-corrected chi connectivity index (χ4v) is 4.87.